The molecule has 2 aromatic heterocycles. The largest absolute Gasteiger partial charge is 0.457 e. The predicted molar refractivity (Wildman–Crippen MR) is 68.1 cm³/mol. The van der Waals surface area contributed by atoms with Crippen LogP contribution in [0.2, 0.25) is 0 Å². The molecule has 18 heavy (non-hydrogen) atoms. The summed E-state index contributed by atoms with van der Waals surface area (Å²) in [4.78, 5) is 17.1. The smallest absolute Gasteiger partial charge is 0.185 e. The van der Waals surface area contributed by atoms with Crippen molar-refractivity contribution in [1.82, 2.24) is 9.88 Å². The van der Waals surface area contributed by atoms with E-state index in [-0.39, 0.29) is 0 Å². The number of pyridine rings is 1. The third-order valence-corrected chi connectivity index (χ3v) is 2.74. The Morgan fingerprint density at radius 1 is 1.28 bits per heavy atom. The van der Waals surface area contributed by atoms with Crippen LogP contribution in [0.5, 0.6) is 0 Å². The van der Waals surface area contributed by atoms with Crippen LogP contribution in [-0.2, 0) is 13.1 Å². The van der Waals surface area contributed by atoms with Gasteiger partial charge >= 0.3 is 0 Å². The number of aldehydes is 1. The third kappa shape index (κ3) is 3.28. The first-order valence-corrected chi connectivity index (χ1v) is 5.98. The first-order chi connectivity index (χ1) is 8.81. The zero-order chi connectivity index (χ0) is 12.8. The van der Waals surface area contributed by atoms with Gasteiger partial charge in [0.2, 0.25) is 0 Å². The van der Waals surface area contributed by atoms with Crippen molar-refractivity contribution in [3.8, 4) is 0 Å². The van der Waals surface area contributed by atoms with Crippen molar-refractivity contribution < 1.29 is 9.21 Å². The van der Waals surface area contributed by atoms with Gasteiger partial charge in [-0.2, -0.15) is 0 Å². The molecule has 0 unspecified atom stereocenters. The monoisotopic (exact) mass is 244 g/mol. The van der Waals surface area contributed by atoms with Crippen LogP contribution in [0.1, 0.15) is 28.9 Å². The summed E-state index contributed by atoms with van der Waals surface area (Å²) in [5.41, 5.74) is 1.03. The van der Waals surface area contributed by atoms with Crippen molar-refractivity contribution in [3.05, 3.63) is 53.7 Å². The normalized spacial score (nSPS) is 10.8. The molecule has 0 saturated carbocycles. The Balaban J connectivity index is 1.99. The van der Waals surface area contributed by atoms with Gasteiger partial charge < -0.3 is 4.42 Å². The fourth-order valence-corrected chi connectivity index (χ4v) is 1.76. The molecule has 0 N–H and O–H groups in total. The molecule has 2 aromatic rings. The van der Waals surface area contributed by atoms with Crippen molar-refractivity contribution in [2.75, 3.05) is 6.54 Å². The number of rotatable bonds is 6. The minimum atomic E-state index is 0.374. The summed E-state index contributed by atoms with van der Waals surface area (Å²) in [5, 5.41) is 0. The van der Waals surface area contributed by atoms with Gasteiger partial charge in [-0.3, -0.25) is 14.7 Å². The summed E-state index contributed by atoms with van der Waals surface area (Å²) < 4.78 is 5.37. The van der Waals surface area contributed by atoms with E-state index < -0.39 is 0 Å². The standard InChI is InChI=1S/C14H16N2O2/c1-2-16(9-12-5-3-4-8-15-12)10-13-6-7-14(11-17)18-13/h3-8,11H,2,9-10H2,1H3. The molecule has 4 heteroatoms. The second-order valence-corrected chi connectivity index (χ2v) is 4.05. The van der Waals surface area contributed by atoms with E-state index >= 15 is 0 Å². The van der Waals surface area contributed by atoms with E-state index in [2.05, 4.69) is 16.8 Å². The molecular weight excluding hydrogens is 228 g/mol. The minimum absolute atomic E-state index is 0.374. The molecule has 4 nitrogen and oxygen atoms in total. The maximum atomic E-state index is 10.5. The van der Waals surface area contributed by atoms with Crippen molar-refractivity contribution in [2.24, 2.45) is 0 Å². The molecular formula is C14H16N2O2. The van der Waals surface area contributed by atoms with Crippen molar-refractivity contribution >= 4 is 6.29 Å². The molecule has 0 spiro atoms. The highest BCUT2D eigenvalue weighted by atomic mass is 16.3. The Kier molecular flexibility index (Phi) is 4.25. The lowest BCUT2D eigenvalue weighted by molar-refractivity contribution is 0.109. The number of hydrogen-bond donors (Lipinski definition) is 0. The van der Waals surface area contributed by atoms with E-state index in [9.17, 15) is 4.79 Å². The molecule has 0 aliphatic rings. The van der Waals surface area contributed by atoms with E-state index in [1.54, 1.807) is 12.3 Å². The summed E-state index contributed by atoms with van der Waals surface area (Å²) >= 11 is 0. The van der Waals surface area contributed by atoms with Crippen molar-refractivity contribution in [1.29, 1.82) is 0 Å². The number of nitrogens with zero attached hydrogens (tertiary/aromatic N) is 2. The summed E-state index contributed by atoms with van der Waals surface area (Å²) in [6.07, 6.45) is 2.51. The lowest BCUT2D eigenvalue weighted by Crippen LogP contribution is -2.22. The first kappa shape index (κ1) is 12.5. The Labute approximate surface area is 106 Å². The average Bonchev–Trinajstić information content (AvgIpc) is 2.87. The zero-order valence-electron chi connectivity index (χ0n) is 10.4. The van der Waals surface area contributed by atoms with Crippen LogP contribution in [0.15, 0.2) is 40.9 Å². The highest BCUT2D eigenvalue weighted by Gasteiger charge is 2.08. The van der Waals surface area contributed by atoms with E-state index in [0.29, 0.717) is 12.3 Å². The van der Waals surface area contributed by atoms with Gasteiger partial charge in [0.1, 0.15) is 5.76 Å². The van der Waals surface area contributed by atoms with Gasteiger partial charge in [-0.1, -0.05) is 13.0 Å². The van der Waals surface area contributed by atoms with Crippen LogP contribution in [0.3, 0.4) is 0 Å². The maximum absolute atomic E-state index is 10.5. The van der Waals surface area contributed by atoms with E-state index in [1.165, 1.54) is 0 Å². The molecule has 0 fully saturated rings. The molecule has 0 aliphatic carbocycles. The van der Waals surface area contributed by atoms with Gasteiger partial charge in [0.25, 0.3) is 0 Å². The number of hydrogen-bond acceptors (Lipinski definition) is 4. The second-order valence-electron chi connectivity index (χ2n) is 4.05. The molecule has 2 heterocycles. The third-order valence-electron chi connectivity index (χ3n) is 2.74. The minimum Gasteiger partial charge on any atom is -0.457 e. The fraction of sp³-hybridized carbons (Fsp3) is 0.286. The van der Waals surface area contributed by atoms with Crippen LogP contribution in [0.25, 0.3) is 0 Å². The van der Waals surface area contributed by atoms with E-state index in [0.717, 1.165) is 30.8 Å². The molecule has 0 radical (unpaired) electrons. The highest BCUT2D eigenvalue weighted by molar-refractivity contribution is 5.70. The van der Waals surface area contributed by atoms with Crippen LogP contribution in [0, 0.1) is 0 Å². The number of carbonyl (C=O) groups is 1. The molecule has 0 amide bonds. The Hall–Kier alpha value is -1.94. The summed E-state index contributed by atoms with van der Waals surface area (Å²) in [7, 11) is 0. The van der Waals surface area contributed by atoms with Gasteiger partial charge in [-0.05, 0) is 30.8 Å². The van der Waals surface area contributed by atoms with Crippen LogP contribution in [0.4, 0.5) is 0 Å². The van der Waals surface area contributed by atoms with E-state index in [4.69, 9.17) is 4.42 Å². The fourth-order valence-electron chi connectivity index (χ4n) is 1.76. The molecule has 0 atom stereocenters. The molecule has 94 valence electrons. The summed E-state index contributed by atoms with van der Waals surface area (Å²) in [6.45, 7) is 4.44. The Bertz CT molecular complexity index is 494. The Morgan fingerprint density at radius 2 is 2.17 bits per heavy atom. The molecule has 0 bridgehead atoms. The van der Waals surface area contributed by atoms with Crippen LogP contribution >= 0.6 is 0 Å². The second kappa shape index (κ2) is 6.12. The number of furan rings is 1. The maximum Gasteiger partial charge on any atom is 0.185 e. The number of carbonyl (C=O) groups excluding carboxylic acids is 1. The topological polar surface area (TPSA) is 46.3 Å². The molecule has 0 aliphatic heterocycles. The lowest BCUT2D eigenvalue weighted by atomic mass is 10.3. The average molecular weight is 244 g/mol. The molecule has 0 saturated heterocycles. The van der Waals surface area contributed by atoms with Crippen LogP contribution in [-0.4, -0.2) is 22.7 Å². The first-order valence-electron chi connectivity index (χ1n) is 5.98. The van der Waals surface area contributed by atoms with Gasteiger partial charge in [0.05, 0.1) is 12.2 Å². The SMILES string of the molecule is CCN(Cc1ccccn1)Cc1ccc(C=O)o1. The van der Waals surface area contributed by atoms with Gasteiger partial charge in [-0.25, -0.2) is 0 Å². The summed E-state index contributed by atoms with van der Waals surface area (Å²) in [5.74, 6) is 1.17. The van der Waals surface area contributed by atoms with Crippen molar-refractivity contribution in [2.45, 2.75) is 20.0 Å². The zero-order valence-corrected chi connectivity index (χ0v) is 10.4. The quantitative estimate of drug-likeness (QED) is 0.732. The van der Waals surface area contributed by atoms with Gasteiger partial charge in [0.15, 0.2) is 12.0 Å². The number of aromatic nitrogens is 1. The summed E-state index contributed by atoms with van der Waals surface area (Å²) in [6, 6.07) is 9.42. The predicted octanol–water partition coefficient (Wildman–Crippen LogP) is 2.51. The van der Waals surface area contributed by atoms with E-state index in [1.807, 2.05) is 24.3 Å². The Morgan fingerprint density at radius 3 is 2.78 bits per heavy atom. The van der Waals surface area contributed by atoms with Gasteiger partial charge in [-0.15, -0.1) is 0 Å². The molecule has 2 rings (SSSR count). The highest BCUT2D eigenvalue weighted by Crippen LogP contribution is 2.11. The molecule has 0 aromatic carbocycles. The van der Waals surface area contributed by atoms with Crippen molar-refractivity contribution in [3.63, 3.8) is 0 Å². The van der Waals surface area contributed by atoms with Gasteiger partial charge in [0, 0.05) is 12.7 Å². The lowest BCUT2D eigenvalue weighted by Gasteiger charge is -2.18. The van der Waals surface area contributed by atoms with Crippen LogP contribution < -0.4 is 0 Å².